The monoisotopic (exact) mass is 721 g/mol. The Morgan fingerprint density at radius 3 is 2.60 bits per heavy atom. The number of hydrogen-bond donors (Lipinski definition) is 0. The molecule has 0 fully saturated rings. The lowest BCUT2D eigenvalue weighted by Crippen LogP contribution is -2.40. The molecule has 0 aliphatic carbocycles. The first-order valence-electron chi connectivity index (χ1n) is 14.7. The topological polar surface area (TPSA) is 131 Å². The Labute approximate surface area is 282 Å². The van der Waals surface area contributed by atoms with Crippen LogP contribution in [0.1, 0.15) is 50.4 Å². The number of ether oxygens (including phenoxy) is 4. The number of nitro groups is 1. The summed E-state index contributed by atoms with van der Waals surface area (Å²) < 4.78 is 25.6. The lowest BCUT2D eigenvalue weighted by Gasteiger charge is -2.26. The van der Waals surface area contributed by atoms with Gasteiger partial charge in [0.25, 0.3) is 11.2 Å². The number of carbonyl (C=O) groups excluding carboxylic acids is 1. The van der Waals surface area contributed by atoms with E-state index in [1.807, 2.05) is 38.1 Å². The highest BCUT2D eigenvalue weighted by Gasteiger charge is 2.35. The van der Waals surface area contributed by atoms with E-state index in [0.717, 1.165) is 0 Å². The molecule has 11 nitrogen and oxygen atoms in total. The standard InChI is InChI=1S/C34H32BrN3O8S/c1-6-44-33(40)30-20(4)36-34-37(31(30)24-12-7-8-13-26(24)46-19(2)3)32(39)29(47-34)16-22-15-27(43-5)28(17-25(22)35)45-18-21-10-9-11-23(14-21)38(41)42/h7-17,19,31H,6,18H2,1-5H3/b29-16+/t31-/m1/s1. The van der Waals surface area contributed by atoms with Gasteiger partial charge < -0.3 is 18.9 Å². The second-order valence-electron chi connectivity index (χ2n) is 10.7. The van der Waals surface area contributed by atoms with Crippen molar-refractivity contribution in [1.29, 1.82) is 0 Å². The van der Waals surface area contributed by atoms with Crippen molar-refractivity contribution in [2.24, 2.45) is 4.99 Å². The zero-order valence-corrected chi connectivity index (χ0v) is 28.7. The Morgan fingerprint density at radius 2 is 1.89 bits per heavy atom. The smallest absolute Gasteiger partial charge is 0.338 e. The van der Waals surface area contributed by atoms with Crippen LogP contribution in [0.3, 0.4) is 0 Å². The number of esters is 1. The third-order valence-corrected chi connectivity index (χ3v) is 8.85. The highest BCUT2D eigenvalue weighted by molar-refractivity contribution is 9.10. The fourth-order valence-corrected chi connectivity index (χ4v) is 6.62. The summed E-state index contributed by atoms with van der Waals surface area (Å²) in [5.41, 5.74) is 2.24. The number of fused-ring (bicyclic) bond motifs is 1. The van der Waals surface area contributed by atoms with Crippen LogP contribution >= 0.6 is 27.3 Å². The summed E-state index contributed by atoms with van der Waals surface area (Å²) in [6.07, 6.45) is 1.58. The lowest BCUT2D eigenvalue weighted by atomic mass is 9.95. The van der Waals surface area contributed by atoms with Gasteiger partial charge in [-0.2, -0.15) is 0 Å². The number of aromatic nitrogens is 1. The van der Waals surface area contributed by atoms with Crippen molar-refractivity contribution in [2.75, 3.05) is 13.7 Å². The van der Waals surface area contributed by atoms with Gasteiger partial charge in [-0.25, -0.2) is 9.79 Å². The van der Waals surface area contributed by atoms with Gasteiger partial charge in [-0.3, -0.25) is 19.5 Å². The molecule has 13 heteroatoms. The summed E-state index contributed by atoms with van der Waals surface area (Å²) in [5, 5.41) is 11.2. The van der Waals surface area contributed by atoms with Gasteiger partial charge in [-0.05, 0) is 63.1 Å². The summed E-state index contributed by atoms with van der Waals surface area (Å²) in [4.78, 5) is 43.3. The lowest BCUT2D eigenvalue weighted by molar-refractivity contribution is -0.384. The van der Waals surface area contributed by atoms with Crippen molar-refractivity contribution < 1.29 is 28.7 Å². The van der Waals surface area contributed by atoms with Crippen molar-refractivity contribution in [3.05, 3.63) is 123 Å². The number of nitro benzene ring substituents is 1. The molecule has 0 saturated carbocycles. The maximum atomic E-state index is 14.2. The van der Waals surface area contributed by atoms with E-state index < -0.39 is 16.9 Å². The molecule has 3 aromatic carbocycles. The Hall–Kier alpha value is -4.75. The van der Waals surface area contributed by atoms with Gasteiger partial charge in [-0.1, -0.05) is 57.6 Å². The Balaban J connectivity index is 1.58. The number of carbonyl (C=O) groups is 1. The predicted molar refractivity (Wildman–Crippen MR) is 181 cm³/mol. The van der Waals surface area contributed by atoms with E-state index in [1.54, 1.807) is 44.2 Å². The minimum absolute atomic E-state index is 0.0289. The third-order valence-electron chi connectivity index (χ3n) is 7.18. The van der Waals surface area contributed by atoms with Crippen LogP contribution < -0.4 is 29.1 Å². The van der Waals surface area contributed by atoms with Crippen molar-refractivity contribution in [2.45, 2.75) is 46.4 Å². The summed E-state index contributed by atoms with van der Waals surface area (Å²) in [5.74, 6) is 0.795. The number of halogens is 1. The van der Waals surface area contributed by atoms with Crippen molar-refractivity contribution in [3.63, 3.8) is 0 Å². The maximum Gasteiger partial charge on any atom is 0.338 e. The van der Waals surface area contributed by atoms with E-state index in [1.165, 1.54) is 35.1 Å². The van der Waals surface area contributed by atoms with Crippen molar-refractivity contribution >= 4 is 45.0 Å². The summed E-state index contributed by atoms with van der Waals surface area (Å²) in [6.45, 7) is 7.52. The van der Waals surface area contributed by atoms with Crippen molar-refractivity contribution in [1.82, 2.24) is 4.57 Å². The number of para-hydroxylation sites is 1. The molecule has 0 bridgehead atoms. The molecule has 0 N–H and O–H groups in total. The van der Waals surface area contributed by atoms with Gasteiger partial charge in [0.05, 0.1) is 40.5 Å². The SMILES string of the molecule is CCOC(=O)C1=C(C)N=c2s/c(=C/c3cc(OC)c(OCc4cccc([N+](=O)[O-])c4)cc3Br)c(=O)n2[C@@H]1c1ccccc1OC(C)C. The summed E-state index contributed by atoms with van der Waals surface area (Å²) in [6, 6.07) is 16.1. The van der Waals surface area contributed by atoms with Crippen LogP contribution in [0.2, 0.25) is 0 Å². The first-order chi connectivity index (χ1) is 22.5. The molecule has 1 aromatic heterocycles. The zero-order valence-electron chi connectivity index (χ0n) is 26.3. The fraction of sp³-hybridized carbons (Fsp3) is 0.265. The number of nitrogens with zero attached hydrogens (tertiary/aromatic N) is 3. The normalized spacial score (nSPS) is 14.4. The molecule has 0 radical (unpaired) electrons. The number of non-ortho nitro benzene ring substituents is 1. The van der Waals surface area contributed by atoms with Crippen LogP contribution in [0, 0.1) is 10.1 Å². The highest BCUT2D eigenvalue weighted by atomic mass is 79.9. The molecule has 0 saturated heterocycles. The number of benzene rings is 3. The van der Waals surface area contributed by atoms with Crippen LogP contribution in [0.5, 0.6) is 17.2 Å². The van der Waals surface area contributed by atoms with Gasteiger partial charge in [0.15, 0.2) is 16.3 Å². The molecule has 1 atom stereocenters. The molecular weight excluding hydrogens is 690 g/mol. The van der Waals surface area contributed by atoms with Gasteiger partial charge in [-0.15, -0.1) is 0 Å². The minimum atomic E-state index is -0.829. The van der Waals surface area contributed by atoms with Gasteiger partial charge in [0, 0.05) is 22.2 Å². The van der Waals surface area contributed by atoms with Gasteiger partial charge in [0.1, 0.15) is 18.4 Å². The van der Waals surface area contributed by atoms with E-state index in [-0.39, 0.29) is 36.1 Å². The van der Waals surface area contributed by atoms with E-state index >= 15 is 0 Å². The van der Waals surface area contributed by atoms with Crippen LogP contribution in [-0.2, 0) is 16.1 Å². The van der Waals surface area contributed by atoms with E-state index in [2.05, 4.69) is 20.9 Å². The first-order valence-corrected chi connectivity index (χ1v) is 16.3. The third kappa shape index (κ3) is 7.15. The second kappa shape index (κ2) is 14.3. The molecule has 4 aromatic rings. The number of hydrogen-bond acceptors (Lipinski definition) is 10. The van der Waals surface area contributed by atoms with Crippen molar-refractivity contribution in [3.8, 4) is 17.2 Å². The molecule has 244 valence electrons. The number of rotatable bonds is 11. The number of methoxy groups -OCH3 is 1. The molecule has 0 amide bonds. The average Bonchev–Trinajstić information content (AvgIpc) is 3.34. The Bertz CT molecular complexity index is 2070. The predicted octanol–water partition coefficient (Wildman–Crippen LogP) is 5.84. The molecule has 5 rings (SSSR count). The molecule has 1 aliphatic rings. The minimum Gasteiger partial charge on any atom is -0.493 e. The maximum absolute atomic E-state index is 14.2. The summed E-state index contributed by atoms with van der Waals surface area (Å²) >= 11 is 4.78. The largest absolute Gasteiger partial charge is 0.493 e. The molecule has 0 unspecified atom stereocenters. The zero-order chi connectivity index (χ0) is 33.8. The van der Waals surface area contributed by atoms with E-state index in [0.29, 0.717) is 53.4 Å². The molecule has 0 spiro atoms. The Kier molecular flexibility index (Phi) is 10.3. The first kappa shape index (κ1) is 33.6. The Morgan fingerprint density at radius 1 is 1.13 bits per heavy atom. The quantitative estimate of drug-likeness (QED) is 0.107. The van der Waals surface area contributed by atoms with Gasteiger partial charge >= 0.3 is 5.97 Å². The van der Waals surface area contributed by atoms with Crippen LogP contribution in [0.4, 0.5) is 5.69 Å². The molecule has 47 heavy (non-hydrogen) atoms. The molecular formula is C34H32BrN3O8S. The van der Waals surface area contributed by atoms with E-state index in [9.17, 15) is 19.7 Å². The van der Waals surface area contributed by atoms with E-state index in [4.69, 9.17) is 18.9 Å². The molecule has 1 aliphatic heterocycles. The average molecular weight is 723 g/mol. The molecule has 2 heterocycles. The second-order valence-corrected chi connectivity index (χ2v) is 12.6. The van der Waals surface area contributed by atoms with Crippen LogP contribution in [-0.4, -0.2) is 35.3 Å². The number of allylic oxidation sites excluding steroid dienone is 1. The highest BCUT2D eigenvalue weighted by Crippen LogP contribution is 2.37. The summed E-state index contributed by atoms with van der Waals surface area (Å²) in [7, 11) is 1.50. The number of thiazole rings is 1. The fourth-order valence-electron chi connectivity index (χ4n) is 5.15. The van der Waals surface area contributed by atoms with Gasteiger partial charge in [0.2, 0.25) is 0 Å². The van der Waals surface area contributed by atoms with Crippen LogP contribution in [0.25, 0.3) is 6.08 Å². The van der Waals surface area contributed by atoms with Crippen LogP contribution in [0.15, 0.2) is 86.2 Å².